The molecule has 7 heteroatoms. The Kier molecular flexibility index (Phi) is 3.35. The molecule has 1 fully saturated rings. The highest BCUT2D eigenvalue weighted by molar-refractivity contribution is 6.06. The Balaban J connectivity index is 1.85. The zero-order valence-corrected chi connectivity index (χ0v) is 12.4. The van der Waals surface area contributed by atoms with Crippen LogP contribution < -0.4 is 5.32 Å². The number of imidazole rings is 1. The van der Waals surface area contributed by atoms with E-state index in [2.05, 4.69) is 15.3 Å². The second-order valence-electron chi connectivity index (χ2n) is 5.80. The van der Waals surface area contributed by atoms with Gasteiger partial charge >= 0.3 is 6.03 Å². The fourth-order valence-corrected chi connectivity index (χ4v) is 2.65. The molecule has 0 saturated carbocycles. The zero-order valence-electron chi connectivity index (χ0n) is 12.4. The van der Waals surface area contributed by atoms with Crippen LogP contribution >= 0.6 is 0 Å². The Hall–Kier alpha value is -2.44. The second kappa shape index (κ2) is 5.08. The van der Waals surface area contributed by atoms with Crippen LogP contribution in [-0.4, -0.2) is 39.0 Å². The van der Waals surface area contributed by atoms with Crippen LogP contribution in [0, 0.1) is 6.92 Å². The number of H-pyrrole nitrogens is 1. The molecule has 0 aliphatic carbocycles. The van der Waals surface area contributed by atoms with E-state index in [1.165, 1.54) is 6.92 Å². The number of hydrogen-bond acceptors (Lipinski definition) is 3. The van der Waals surface area contributed by atoms with Gasteiger partial charge in [-0.2, -0.15) is 0 Å². The molecule has 1 saturated heterocycles. The third-order valence-corrected chi connectivity index (χ3v) is 3.93. The molecule has 0 radical (unpaired) electrons. The van der Waals surface area contributed by atoms with E-state index in [9.17, 15) is 14.0 Å². The fourth-order valence-electron chi connectivity index (χ4n) is 2.65. The van der Waals surface area contributed by atoms with E-state index in [0.717, 1.165) is 21.5 Å². The number of aromatic amines is 1. The lowest BCUT2D eigenvalue weighted by atomic mass is 9.99. The summed E-state index contributed by atoms with van der Waals surface area (Å²) in [6.07, 6.45) is -0.0343. The van der Waals surface area contributed by atoms with Gasteiger partial charge in [-0.15, -0.1) is 0 Å². The summed E-state index contributed by atoms with van der Waals surface area (Å²) < 4.78 is 12.6. The molecular weight excluding hydrogens is 287 g/mol. The quantitative estimate of drug-likeness (QED) is 0.849. The molecule has 3 amide bonds. The van der Waals surface area contributed by atoms with Crippen LogP contribution in [0.4, 0.5) is 9.18 Å². The maximum Gasteiger partial charge on any atom is 0.325 e. The number of amides is 3. The van der Waals surface area contributed by atoms with E-state index in [1.807, 2.05) is 25.1 Å². The van der Waals surface area contributed by atoms with E-state index in [4.69, 9.17) is 0 Å². The summed E-state index contributed by atoms with van der Waals surface area (Å²) in [5, 5.41) is 2.55. The smallest absolute Gasteiger partial charge is 0.325 e. The average molecular weight is 304 g/mol. The number of nitrogens with zero attached hydrogens (tertiary/aromatic N) is 2. The molecule has 1 unspecified atom stereocenters. The van der Waals surface area contributed by atoms with Crippen LogP contribution in [0.25, 0.3) is 11.0 Å². The van der Waals surface area contributed by atoms with Gasteiger partial charge < -0.3 is 10.3 Å². The van der Waals surface area contributed by atoms with E-state index in [0.29, 0.717) is 5.82 Å². The molecule has 1 aliphatic rings. The number of nitrogens with one attached hydrogen (secondary N) is 2. The van der Waals surface area contributed by atoms with Crippen molar-refractivity contribution in [2.24, 2.45) is 0 Å². The van der Waals surface area contributed by atoms with Crippen molar-refractivity contribution in [2.75, 3.05) is 6.67 Å². The number of rotatable bonds is 4. The number of hydrogen-bond donors (Lipinski definition) is 2. The number of fused-ring (bicyclic) bond motifs is 1. The van der Waals surface area contributed by atoms with E-state index < -0.39 is 24.2 Å². The molecule has 0 spiro atoms. The number of imide groups is 1. The molecule has 2 heterocycles. The Morgan fingerprint density at radius 2 is 2.14 bits per heavy atom. The van der Waals surface area contributed by atoms with Gasteiger partial charge in [0.1, 0.15) is 11.4 Å². The highest BCUT2D eigenvalue weighted by Crippen LogP contribution is 2.23. The van der Waals surface area contributed by atoms with Crippen molar-refractivity contribution in [3.8, 4) is 0 Å². The number of carbonyl (C=O) groups is 2. The third-order valence-electron chi connectivity index (χ3n) is 3.93. The number of carbonyl (C=O) groups excluding carboxylic acids is 2. The Morgan fingerprint density at radius 1 is 1.36 bits per heavy atom. The number of aromatic nitrogens is 2. The maximum atomic E-state index is 12.6. The number of benzene rings is 1. The third kappa shape index (κ3) is 2.32. The van der Waals surface area contributed by atoms with Crippen molar-refractivity contribution in [3.05, 3.63) is 29.6 Å². The van der Waals surface area contributed by atoms with Crippen molar-refractivity contribution < 1.29 is 14.0 Å². The number of urea groups is 1. The molecule has 116 valence electrons. The highest BCUT2D eigenvalue weighted by atomic mass is 19.1. The van der Waals surface area contributed by atoms with Gasteiger partial charge in [-0.1, -0.05) is 6.07 Å². The summed E-state index contributed by atoms with van der Waals surface area (Å²) in [5.41, 5.74) is 1.55. The van der Waals surface area contributed by atoms with Gasteiger partial charge in [0.25, 0.3) is 5.91 Å². The van der Waals surface area contributed by atoms with Crippen LogP contribution in [-0.2, 0) is 11.3 Å². The normalized spacial score (nSPS) is 21.7. The molecule has 1 aliphatic heterocycles. The van der Waals surface area contributed by atoms with Gasteiger partial charge in [0.05, 0.1) is 24.3 Å². The van der Waals surface area contributed by atoms with Gasteiger partial charge in [-0.3, -0.25) is 14.1 Å². The first-order valence-corrected chi connectivity index (χ1v) is 7.08. The summed E-state index contributed by atoms with van der Waals surface area (Å²) in [7, 11) is 0. The first kappa shape index (κ1) is 14.5. The first-order valence-electron chi connectivity index (χ1n) is 7.08. The predicted molar refractivity (Wildman–Crippen MR) is 78.9 cm³/mol. The lowest BCUT2D eigenvalue weighted by Gasteiger charge is -2.19. The van der Waals surface area contributed by atoms with Gasteiger partial charge in [-0.25, -0.2) is 9.78 Å². The standard InChI is InChI=1S/C15H17FN4O2/c1-9-3-4-10-11(7-9)18-12(17-10)8-20-13(21)15(2,5-6-16)19-14(20)22/h3-4,7H,5-6,8H2,1-2H3,(H,17,18)(H,19,22). The molecule has 22 heavy (non-hydrogen) atoms. The molecular formula is C15H17FN4O2. The van der Waals surface area contributed by atoms with Crippen molar-refractivity contribution >= 4 is 23.0 Å². The Morgan fingerprint density at radius 3 is 2.86 bits per heavy atom. The molecule has 1 atom stereocenters. The van der Waals surface area contributed by atoms with E-state index >= 15 is 0 Å². The van der Waals surface area contributed by atoms with Gasteiger partial charge in [0, 0.05) is 6.42 Å². The monoisotopic (exact) mass is 304 g/mol. The average Bonchev–Trinajstić information content (AvgIpc) is 2.93. The molecule has 6 nitrogen and oxygen atoms in total. The topological polar surface area (TPSA) is 78.1 Å². The molecule has 0 bridgehead atoms. The number of halogens is 1. The zero-order chi connectivity index (χ0) is 15.9. The first-order chi connectivity index (χ1) is 10.4. The highest BCUT2D eigenvalue weighted by Gasteiger charge is 2.47. The lowest BCUT2D eigenvalue weighted by Crippen LogP contribution is -2.44. The van der Waals surface area contributed by atoms with Crippen LogP contribution in [0.5, 0.6) is 0 Å². The molecule has 2 N–H and O–H groups in total. The van der Waals surface area contributed by atoms with E-state index in [1.54, 1.807) is 0 Å². The molecule has 1 aromatic carbocycles. The summed E-state index contributed by atoms with van der Waals surface area (Å²) in [5.74, 6) is 0.0976. The Labute approximate surface area is 126 Å². The largest absolute Gasteiger partial charge is 0.340 e. The van der Waals surface area contributed by atoms with Gasteiger partial charge in [-0.05, 0) is 31.5 Å². The maximum absolute atomic E-state index is 12.6. The number of alkyl halides is 1. The SMILES string of the molecule is Cc1ccc2nc(CN3C(=O)NC(C)(CCF)C3=O)[nH]c2c1. The minimum Gasteiger partial charge on any atom is -0.340 e. The van der Waals surface area contributed by atoms with Crippen molar-refractivity contribution in [1.82, 2.24) is 20.2 Å². The Bertz CT molecular complexity index is 757. The summed E-state index contributed by atoms with van der Waals surface area (Å²) >= 11 is 0. The van der Waals surface area contributed by atoms with Crippen LogP contribution in [0.1, 0.15) is 24.7 Å². The summed E-state index contributed by atoms with van der Waals surface area (Å²) in [6.45, 7) is 2.88. The molecule has 1 aromatic heterocycles. The summed E-state index contributed by atoms with van der Waals surface area (Å²) in [4.78, 5) is 32.9. The van der Waals surface area contributed by atoms with Crippen LogP contribution in [0.2, 0.25) is 0 Å². The minimum absolute atomic E-state index is 0.0343. The van der Waals surface area contributed by atoms with Crippen LogP contribution in [0.15, 0.2) is 18.2 Å². The molecule has 3 rings (SSSR count). The number of aryl methyl sites for hydroxylation is 1. The van der Waals surface area contributed by atoms with Crippen molar-refractivity contribution in [1.29, 1.82) is 0 Å². The van der Waals surface area contributed by atoms with Crippen LogP contribution in [0.3, 0.4) is 0 Å². The van der Waals surface area contributed by atoms with E-state index in [-0.39, 0.29) is 13.0 Å². The fraction of sp³-hybridized carbons (Fsp3) is 0.400. The van der Waals surface area contributed by atoms with Gasteiger partial charge in [0.15, 0.2) is 0 Å². The second-order valence-corrected chi connectivity index (χ2v) is 5.80. The summed E-state index contributed by atoms with van der Waals surface area (Å²) in [6, 6.07) is 5.26. The minimum atomic E-state index is -1.17. The molecule has 2 aromatic rings. The van der Waals surface area contributed by atoms with Gasteiger partial charge in [0.2, 0.25) is 0 Å². The predicted octanol–water partition coefficient (Wildman–Crippen LogP) is 2.04. The van der Waals surface area contributed by atoms with Crippen molar-refractivity contribution in [3.63, 3.8) is 0 Å². The lowest BCUT2D eigenvalue weighted by molar-refractivity contribution is -0.131. The van der Waals surface area contributed by atoms with Crippen molar-refractivity contribution in [2.45, 2.75) is 32.4 Å².